The zero-order chi connectivity index (χ0) is 15.0. The first-order valence-corrected chi connectivity index (χ1v) is 7.16. The van der Waals surface area contributed by atoms with Crippen LogP contribution >= 0.6 is 15.9 Å². The number of carbonyl (C=O) groups is 1. The summed E-state index contributed by atoms with van der Waals surface area (Å²) in [6.07, 6.45) is 2.45. The zero-order valence-corrected chi connectivity index (χ0v) is 13.2. The predicted molar refractivity (Wildman–Crippen MR) is 79.9 cm³/mol. The summed E-state index contributed by atoms with van der Waals surface area (Å²) in [6.45, 7) is 4.43. The summed E-state index contributed by atoms with van der Waals surface area (Å²) in [5, 5.41) is 10.3. The second kappa shape index (κ2) is 8.70. The Balaban J connectivity index is 2.64. The molecule has 1 heterocycles. The second-order valence-corrected chi connectivity index (χ2v) is 4.84. The van der Waals surface area contributed by atoms with Crippen molar-refractivity contribution < 1.29 is 9.53 Å². The summed E-state index contributed by atoms with van der Waals surface area (Å²) < 4.78 is 5.92. The third kappa shape index (κ3) is 4.93. The maximum absolute atomic E-state index is 12.0. The van der Waals surface area contributed by atoms with Crippen LogP contribution in [0.2, 0.25) is 0 Å². The van der Waals surface area contributed by atoms with Gasteiger partial charge in [0.05, 0.1) is 19.0 Å². The van der Waals surface area contributed by atoms with E-state index in [4.69, 9.17) is 0 Å². The van der Waals surface area contributed by atoms with E-state index in [1.807, 2.05) is 0 Å². The minimum atomic E-state index is -0.516. The molecule has 0 atom stereocenters. The van der Waals surface area contributed by atoms with Gasteiger partial charge < -0.3 is 15.4 Å². The number of hydrogen-bond donors (Lipinski definition) is 2. The molecule has 0 spiro atoms. The summed E-state index contributed by atoms with van der Waals surface area (Å²) in [5.74, 6) is -0.516. The summed E-state index contributed by atoms with van der Waals surface area (Å²) in [5.41, 5.74) is 0.250. The number of hydrogen-bond acceptors (Lipinski definition) is 6. The van der Waals surface area contributed by atoms with E-state index >= 15 is 0 Å². The summed E-state index contributed by atoms with van der Waals surface area (Å²) in [4.78, 5) is 23.1. The quantitative estimate of drug-likeness (QED) is 0.529. The average Bonchev–Trinajstić information content (AvgIpc) is 2.45. The third-order valence-electron chi connectivity index (χ3n) is 2.59. The van der Waals surface area contributed by atoms with Gasteiger partial charge in [-0.05, 0) is 35.4 Å². The minimum Gasteiger partial charge on any atom is -0.468 e. The summed E-state index contributed by atoms with van der Waals surface area (Å²) >= 11 is 3.22. The fourth-order valence-corrected chi connectivity index (χ4v) is 1.95. The van der Waals surface area contributed by atoms with Gasteiger partial charge in [0.2, 0.25) is 0 Å². The van der Waals surface area contributed by atoms with E-state index in [1.165, 1.54) is 13.3 Å². The second-order valence-electron chi connectivity index (χ2n) is 4.05. The number of rotatable bonds is 8. The monoisotopic (exact) mass is 346 g/mol. The van der Waals surface area contributed by atoms with Crippen LogP contribution in [0.3, 0.4) is 0 Å². The van der Waals surface area contributed by atoms with Gasteiger partial charge >= 0.3 is 5.97 Å². The Labute approximate surface area is 125 Å². The van der Waals surface area contributed by atoms with Gasteiger partial charge in [-0.1, -0.05) is 6.92 Å². The number of aromatic nitrogens is 2. The fourth-order valence-electron chi connectivity index (χ4n) is 1.50. The molecule has 8 heteroatoms. The maximum Gasteiger partial charge on any atom is 0.327 e. The van der Waals surface area contributed by atoms with Gasteiger partial charge in [-0.15, -0.1) is 0 Å². The van der Waals surface area contributed by atoms with Crippen molar-refractivity contribution >= 4 is 27.6 Å². The first-order chi connectivity index (χ1) is 9.60. The highest BCUT2D eigenvalue weighted by Crippen LogP contribution is 2.15. The van der Waals surface area contributed by atoms with Gasteiger partial charge in [-0.3, -0.25) is 9.59 Å². The van der Waals surface area contributed by atoms with Crippen LogP contribution in [-0.2, 0) is 16.1 Å². The van der Waals surface area contributed by atoms with Crippen LogP contribution in [-0.4, -0.2) is 42.5 Å². The van der Waals surface area contributed by atoms with Crippen molar-refractivity contribution in [3.05, 3.63) is 21.0 Å². The van der Waals surface area contributed by atoms with Crippen LogP contribution in [0, 0.1) is 0 Å². The number of methoxy groups -OCH3 is 1. The number of nitrogens with zero attached hydrogens (tertiary/aromatic N) is 2. The van der Waals surface area contributed by atoms with Gasteiger partial charge in [0.25, 0.3) is 5.56 Å². The molecule has 0 saturated carbocycles. The van der Waals surface area contributed by atoms with Crippen LogP contribution in [0.25, 0.3) is 0 Å². The highest BCUT2D eigenvalue weighted by Gasteiger charge is 2.11. The average molecular weight is 347 g/mol. The Morgan fingerprint density at radius 2 is 2.25 bits per heavy atom. The summed E-state index contributed by atoms with van der Waals surface area (Å²) in [6, 6.07) is 0. The Bertz CT molecular complexity index is 504. The Kier molecular flexibility index (Phi) is 7.24. The lowest BCUT2D eigenvalue weighted by Crippen LogP contribution is -2.28. The molecule has 20 heavy (non-hydrogen) atoms. The molecule has 0 unspecified atom stereocenters. The molecule has 0 aliphatic heterocycles. The van der Waals surface area contributed by atoms with Crippen LogP contribution in [0.15, 0.2) is 15.5 Å². The molecular weight excluding hydrogens is 328 g/mol. The normalized spacial score (nSPS) is 10.3. The van der Waals surface area contributed by atoms with Crippen LogP contribution in [0.5, 0.6) is 0 Å². The zero-order valence-electron chi connectivity index (χ0n) is 11.6. The van der Waals surface area contributed by atoms with E-state index in [0.29, 0.717) is 10.2 Å². The van der Waals surface area contributed by atoms with Crippen molar-refractivity contribution in [1.82, 2.24) is 15.1 Å². The van der Waals surface area contributed by atoms with Crippen LogP contribution in [0.4, 0.5) is 5.69 Å². The molecule has 0 radical (unpaired) electrons. The predicted octanol–water partition coefficient (Wildman–Crippen LogP) is 0.590. The van der Waals surface area contributed by atoms with Gasteiger partial charge in [0, 0.05) is 6.54 Å². The van der Waals surface area contributed by atoms with Crippen molar-refractivity contribution in [2.24, 2.45) is 0 Å². The molecule has 112 valence electrons. The lowest BCUT2D eigenvalue weighted by atomic mass is 10.4. The van der Waals surface area contributed by atoms with E-state index < -0.39 is 5.97 Å². The van der Waals surface area contributed by atoms with E-state index in [2.05, 4.69) is 43.3 Å². The number of ether oxygens (including phenoxy) is 1. The molecule has 0 amide bonds. The number of esters is 1. The maximum atomic E-state index is 12.0. The lowest BCUT2D eigenvalue weighted by Gasteiger charge is -2.10. The summed E-state index contributed by atoms with van der Waals surface area (Å²) in [7, 11) is 1.27. The van der Waals surface area contributed by atoms with Gasteiger partial charge in [0.15, 0.2) is 0 Å². The largest absolute Gasteiger partial charge is 0.468 e. The number of halogens is 1. The van der Waals surface area contributed by atoms with Crippen molar-refractivity contribution in [2.45, 2.75) is 19.9 Å². The molecule has 0 aliphatic carbocycles. The molecule has 2 N–H and O–H groups in total. The highest BCUT2D eigenvalue weighted by atomic mass is 79.9. The Hall–Kier alpha value is -1.41. The fraction of sp³-hybridized carbons (Fsp3) is 0.583. The van der Waals surface area contributed by atoms with Crippen LogP contribution < -0.4 is 16.2 Å². The molecule has 0 saturated heterocycles. The first-order valence-electron chi connectivity index (χ1n) is 6.37. The smallest absolute Gasteiger partial charge is 0.327 e. The van der Waals surface area contributed by atoms with Crippen molar-refractivity contribution in [3.63, 3.8) is 0 Å². The Morgan fingerprint density at radius 3 is 2.90 bits per heavy atom. The molecule has 0 bridgehead atoms. The van der Waals surface area contributed by atoms with E-state index in [9.17, 15) is 9.59 Å². The molecule has 7 nitrogen and oxygen atoms in total. The van der Waals surface area contributed by atoms with E-state index in [-0.39, 0.29) is 12.1 Å². The first kappa shape index (κ1) is 16.6. The SMILES string of the molecule is CCNCCCNc1cnn(CC(=O)OC)c(=O)c1Br. The van der Waals surface area contributed by atoms with Gasteiger partial charge in [-0.2, -0.15) is 5.10 Å². The Morgan fingerprint density at radius 1 is 1.50 bits per heavy atom. The highest BCUT2D eigenvalue weighted by molar-refractivity contribution is 9.10. The molecular formula is C12H19BrN4O3. The molecule has 0 aliphatic rings. The third-order valence-corrected chi connectivity index (χ3v) is 3.35. The molecule has 1 aromatic rings. The topological polar surface area (TPSA) is 85.2 Å². The lowest BCUT2D eigenvalue weighted by molar-refractivity contribution is -0.141. The van der Waals surface area contributed by atoms with E-state index in [1.54, 1.807) is 0 Å². The van der Waals surface area contributed by atoms with E-state index in [0.717, 1.165) is 30.7 Å². The molecule has 1 aromatic heterocycles. The number of anilines is 1. The minimum absolute atomic E-state index is 0.200. The van der Waals surface area contributed by atoms with Gasteiger partial charge in [0.1, 0.15) is 11.0 Å². The van der Waals surface area contributed by atoms with Crippen molar-refractivity contribution in [3.8, 4) is 0 Å². The van der Waals surface area contributed by atoms with Crippen molar-refractivity contribution in [2.75, 3.05) is 32.1 Å². The molecule has 1 rings (SSSR count). The molecule has 0 fully saturated rings. The number of nitrogens with one attached hydrogen (secondary N) is 2. The van der Waals surface area contributed by atoms with Crippen LogP contribution in [0.1, 0.15) is 13.3 Å². The molecule has 0 aromatic carbocycles. The standard InChI is InChI=1S/C12H19BrN4O3/c1-3-14-5-4-6-15-9-7-16-17(8-10(18)20-2)12(19)11(9)13/h7,14-15H,3-6,8H2,1-2H3. The van der Waals surface area contributed by atoms with Crippen molar-refractivity contribution in [1.29, 1.82) is 0 Å². The number of carbonyl (C=O) groups excluding carboxylic acids is 1. The van der Waals surface area contributed by atoms with Gasteiger partial charge in [-0.25, -0.2) is 4.68 Å².